The Morgan fingerprint density at radius 3 is 2.47 bits per heavy atom. The molecule has 0 radical (unpaired) electrons. The van der Waals surface area contributed by atoms with Crippen LogP contribution in [0, 0.1) is 11.8 Å². The molecule has 32 heavy (non-hydrogen) atoms. The van der Waals surface area contributed by atoms with Gasteiger partial charge in [-0.25, -0.2) is 9.59 Å². The van der Waals surface area contributed by atoms with Crippen LogP contribution in [0.4, 0.5) is 0 Å². The van der Waals surface area contributed by atoms with Crippen LogP contribution in [0.5, 0.6) is 0 Å². The molecule has 2 fully saturated rings. The Hall–Kier alpha value is -1.70. The number of quaternary nitrogens is 1. The topological polar surface area (TPSA) is 80.7 Å². The van der Waals surface area contributed by atoms with E-state index in [0.717, 1.165) is 25.0 Å². The minimum atomic E-state index is -0.788. The summed E-state index contributed by atoms with van der Waals surface area (Å²) in [5, 5.41) is 11.3. The molecule has 0 aromatic heterocycles. The number of hydrogen-bond donors (Lipinski definition) is 1. The van der Waals surface area contributed by atoms with Crippen LogP contribution in [0.25, 0.3) is 0 Å². The highest BCUT2D eigenvalue weighted by atomic mass is 32.2. The van der Waals surface area contributed by atoms with Gasteiger partial charge >= 0.3 is 17.8 Å². The summed E-state index contributed by atoms with van der Waals surface area (Å²) in [5.41, 5.74) is 0.900. The molecule has 0 spiro atoms. The molecule has 1 aromatic carbocycles. The summed E-state index contributed by atoms with van der Waals surface area (Å²) in [4.78, 5) is 39.3. The first kappa shape index (κ1) is 23.5. The minimum absolute atomic E-state index is 0.0566. The summed E-state index contributed by atoms with van der Waals surface area (Å²) < 4.78 is 5.00. The third-order valence-corrected chi connectivity index (χ3v) is 9.44. The number of carbonyl (C=O) groups is 3. The second kappa shape index (κ2) is 8.92. The summed E-state index contributed by atoms with van der Waals surface area (Å²) in [5.74, 6) is 0.131. The fourth-order valence-corrected chi connectivity index (χ4v) is 7.59. The van der Waals surface area contributed by atoms with E-state index in [9.17, 15) is 19.5 Å². The van der Waals surface area contributed by atoms with Crippen molar-refractivity contribution in [2.75, 3.05) is 19.4 Å². The van der Waals surface area contributed by atoms with Crippen LogP contribution in [0.15, 0.2) is 24.3 Å². The van der Waals surface area contributed by atoms with Gasteiger partial charge in [0.1, 0.15) is 12.1 Å². The van der Waals surface area contributed by atoms with Gasteiger partial charge in [0.15, 0.2) is 0 Å². The summed E-state index contributed by atoms with van der Waals surface area (Å²) in [6, 6.07) is 6.47. The molecule has 2 bridgehead atoms. The number of nitrogens with zero attached hydrogens (tertiary/aromatic N) is 1. The van der Waals surface area contributed by atoms with Crippen LogP contribution in [0.1, 0.15) is 73.1 Å². The van der Waals surface area contributed by atoms with Crippen molar-refractivity contribution in [3.8, 4) is 0 Å². The highest BCUT2D eigenvalue weighted by Crippen LogP contribution is 2.48. The normalized spacial score (nSPS) is 34.6. The number of benzene rings is 1. The van der Waals surface area contributed by atoms with E-state index in [4.69, 9.17) is 4.74 Å². The molecule has 174 valence electrons. The Kier molecular flexibility index (Phi) is 6.54. The quantitative estimate of drug-likeness (QED) is 0.420. The van der Waals surface area contributed by atoms with E-state index in [0.29, 0.717) is 37.0 Å². The van der Waals surface area contributed by atoms with E-state index in [1.807, 2.05) is 18.7 Å². The van der Waals surface area contributed by atoms with Crippen LogP contribution in [-0.4, -0.2) is 63.7 Å². The number of ether oxygens (including phenoxy) is 1. The Morgan fingerprint density at radius 2 is 1.84 bits per heavy atom. The van der Waals surface area contributed by atoms with E-state index in [1.54, 1.807) is 31.3 Å². The first-order chi connectivity index (χ1) is 15.2. The van der Waals surface area contributed by atoms with Gasteiger partial charge in [0, 0.05) is 16.9 Å². The van der Waals surface area contributed by atoms with Crippen molar-refractivity contribution in [3.05, 3.63) is 35.4 Å². The van der Waals surface area contributed by atoms with Crippen LogP contribution in [-0.2, 0) is 9.53 Å². The molecule has 2 heterocycles. The molecule has 2 aliphatic heterocycles. The third-order valence-electron chi connectivity index (χ3n) is 7.84. The van der Waals surface area contributed by atoms with Gasteiger partial charge < -0.3 is 9.84 Å². The number of aliphatic hydroxyl groups is 1. The zero-order chi connectivity index (χ0) is 23.1. The number of imide groups is 1. The van der Waals surface area contributed by atoms with Gasteiger partial charge in [-0.15, -0.1) is 0 Å². The molecule has 5 atom stereocenters. The van der Waals surface area contributed by atoms with Crippen LogP contribution >= 0.6 is 11.8 Å². The molecule has 6 nitrogen and oxygen atoms in total. The number of carbonyl (C=O) groups excluding carboxylic acids is 3. The van der Waals surface area contributed by atoms with Crippen LogP contribution in [0.2, 0.25) is 0 Å². The number of amides is 2. The Morgan fingerprint density at radius 1 is 1.19 bits per heavy atom. The smallest absolute Gasteiger partial charge is 0.354 e. The van der Waals surface area contributed by atoms with Crippen molar-refractivity contribution >= 4 is 29.5 Å². The molecule has 1 aromatic rings. The van der Waals surface area contributed by atoms with E-state index in [-0.39, 0.29) is 34.4 Å². The lowest BCUT2D eigenvalue weighted by Crippen LogP contribution is -2.61. The van der Waals surface area contributed by atoms with Crippen molar-refractivity contribution in [1.82, 2.24) is 0 Å². The molecule has 1 saturated carbocycles. The van der Waals surface area contributed by atoms with Gasteiger partial charge in [0.25, 0.3) is 0 Å². The number of thioether (sulfide) groups is 1. The van der Waals surface area contributed by atoms with E-state index < -0.39 is 16.6 Å². The number of likely N-dealkylation sites (N-methyl/N-ethyl adjacent to an activating group) is 1. The molecular weight excluding hydrogens is 426 g/mol. The number of hydrogen-bond acceptors (Lipinski definition) is 6. The van der Waals surface area contributed by atoms with Gasteiger partial charge in [0.05, 0.1) is 30.7 Å². The fourth-order valence-electron chi connectivity index (χ4n) is 5.98. The predicted octanol–water partition coefficient (Wildman–Crippen LogP) is 3.81. The molecule has 5 unspecified atom stereocenters. The maximum absolute atomic E-state index is 13.4. The number of esters is 1. The van der Waals surface area contributed by atoms with Gasteiger partial charge in [-0.1, -0.05) is 19.1 Å². The summed E-state index contributed by atoms with van der Waals surface area (Å²) in [6.45, 7) is 4.46. The minimum Gasteiger partial charge on any atom is -0.466 e. The molecule has 3 aliphatic rings. The first-order valence-electron chi connectivity index (χ1n) is 11.7. The van der Waals surface area contributed by atoms with Gasteiger partial charge in [-0.3, -0.25) is 4.79 Å². The lowest BCUT2D eigenvalue weighted by molar-refractivity contribution is -0.776. The second-order valence-corrected chi connectivity index (χ2v) is 11.5. The fraction of sp³-hybridized carbons (Fsp3) is 0.640. The summed E-state index contributed by atoms with van der Waals surface area (Å²) in [6.07, 6.45) is 3.67. The van der Waals surface area contributed by atoms with Crippen molar-refractivity contribution in [2.24, 2.45) is 11.8 Å². The lowest BCUT2D eigenvalue weighted by Gasteiger charge is -2.44. The van der Waals surface area contributed by atoms with E-state index >= 15 is 0 Å². The largest absolute Gasteiger partial charge is 0.466 e. The highest BCUT2D eigenvalue weighted by molar-refractivity contribution is 8.00. The maximum atomic E-state index is 13.4. The van der Waals surface area contributed by atoms with Crippen LogP contribution in [0.3, 0.4) is 0 Å². The number of aliphatic hydroxyl groups excluding tert-OH is 1. The van der Waals surface area contributed by atoms with Gasteiger partial charge in [-0.05, 0) is 57.1 Å². The van der Waals surface area contributed by atoms with Gasteiger partial charge in [-0.2, -0.15) is 16.2 Å². The molecule has 1 aliphatic carbocycles. The SMILES string of the molecule is CCOC(=O)C1CSC2(C)CCCC([N+]3(C)C(=O)c4ccccc4C3=O)C(O)CCC1C2. The van der Waals surface area contributed by atoms with Crippen molar-refractivity contribution in [2.45, 2.75) is 69.3 Å². The van der Waals surface area contributed by atoms with E-state index in [2.05, 4.69) is 6.92 Å². The average molecular weight is 461 g/mol. The Balaban J connectivity index is 1.60. The van der Waals surface area contributed by atoms with E-state index in [1.165, 1.54) is 0 Å². The van der Waals surface area contributed by atoms with Crippen molar-refractivity contribution < 1.29 is 28.7 Å². The average Bonchev–Trinajstić information content (AvgIpc) is 2.97. The van der Waals surface area contributed by atoms with Gasteiger partial charge in [0.2, 0.25) is 0 Å². The summed E-state index contributed by atoms with van der Waals surface area (Å²) in [7, 11) is 1.67. The molecule has 1 N–H and O–H groups in total. The Bertz CT molecular complexity index is 882. The highest BCUT2D eigenvalue weighted by Gasteiger charge is 2.57. The predicted molar refractivity (Wildman–Crippen MR) is 123 cm³/mol. The third kappa shape index (κ3) is 3.93. The number of rotatable bonds is 3. The molecular formula is C25H34NO5S+. The standard InChI is InChI=1S/C25H34NO5S/c1-4-31-24(30)19-15-32-25(2)13-7-10-20(21(27)12-11-16(19)14-25)26(3)22(28)17-8-5-6-9-18(17)23(26)29/h5-6,8-9,16,19-21,27H,4,7,10-15H2,1-3H3/q+1. The molecule has 4 rings (SSSR count). The molecule has 7 heteroatoms. The lowest BCUT2D eigenvalue weighted by atomic mass is 9.77. The van der Waals surface area contributed by atoms with Crippen LogP contribution < -0.4 is 0 Å². The monoisotopic (exact) mass is 460 g/mol. The van der Waals surface area contributed by atoms with Crippen molar-refractivity contribution in [1.29, 1.82) is 0 Å². The van der Waals surface area contributed by atoms with Crippen molar-refractivity contribution in [3.63, 3.8) is 0 Å². The first-order valence-corrected chi connectivity index (χ1v) is 12.7. The second-order valence-electron chi connectivity index (χ2n) is 9.92. The Labute approximate surface area is 194 Å². The maximum Gasteiger partial charge on any atom is 0.354 e. The zero-order valence-corrected chi connectivity index (χ0v) is 20.0. The zero-order valence-electron chi connectivity index (χ0n) is 19.2. The number of fused-ring (bicyclic) bond motifs is 3. The molecule has 1 saturated heterocycles. The summed E-state index contributed by atoms with van der Waals surface area (Å²) >= 11 is 1.84. The molecule has 2 amide bonds.